The van der Waals surface area contributed by atoms with Crippen LogP contribution in [0.2, 0.25) is 10.0 Å². The summed E-state index contributed by atoms with van der Waals surface area (Å²) in [7, 11) is -3.59. The van der Waals surface area contributed by atoms with E-state index in [9.17, 15) is 8.42 Å². The summed E-state index contributed by atoms with van der Waals surface area (Å²) in [5, 5.41) is 3.91. The number of rotatable bonds is 3. The van der Waals surface area contributed by atoms with Crippen molar-refractivity contribution in [3.8, 4) is 0 Å². The molecule has 1 aromatic carbocycles. The molecule has 1 N–H and O–H groups in total. The average molecular weight is 401 g/mol. The lowest BCUT2D eigenvalue weighted by Gasteiger charge is -2.32. The smallest absolute Gasteiger partial charge is 0.244 e. The van der Waals surface area contributed by atoms with Crippen LogP contribution in [0.5, 0.6) is 0 Å². The molecule has 0 saturated carbocycles. The van der Waals surface area contributed by atoms with Crippen LogP contribution >= 0.6 is 35.6 Å². The molecular weight excluding hydrogens is 381 g/mol. The highest BCUT2D eigenvalue weighted by Crippen LogP contribution is 2.30. The average Bonchev–Trinajstić information content (AvgIpc) is 3.01. The van der Waals surface area contributed by atoms with E-state index in [1.165, 1.54) is 16.4 Å². The molecule has 9 heteroatoms. The van der Waals surface area contributed by atoms with E-state index in [2.05, 4.69) is 10.2 Å². The summed E-state index contributed by atoms with van der Waals surface area (Å²) in [5.41, 5.74) is 0. The zero-order chi connectivity index (χ0) is 15.7. The maximum Gasteiger partial charge on any atom is 0.244 e. The summed E-state index contributed by atoms with van der Waals surface area (Å²) in [6, 6.07) is 4.84. The fourth-order valence-corrected chi connectivity index (χ4v) is 5.32. The van der Waals surface area contributed by atoms with Crippen LogP contribution in [0.15, 0.2) is 23.1 Å². The number of hydrogen-bond donors (Lipinski definition) is 1. The second kappa shape index (κ2) is 7.87. The van der Waals surface area contributed by atoms with Crippen molar-refractivity contribution >= 4 is 45.6 Å². The molecule has 2 fully saturated rings. The maximum absolute atomic E-state index is 12.8. The Balaban J connectivity index is 0.00000192. The van der Waals surface area contributed by atoms with Crippen molar-refractivity contribution in [2.75, 3.05) is 39.3 Å². The zero-order valence-electron chi connectivity index (χ0n) is 12.5. The molecule has 3 rings (SSSR count). The third kappa shape index (κ3) is 4.12. The first kappa shape index (κ1) is 19.2. The van der Waals surface area contributed by atoms with E-state index in [0.717, 1.165) is 32.6 Å². The van der Waals surface area contributed by atoms with Gasteiger partial charge in [-0.15, -0.1) is 12.4 Å². The Bertz CT molecular complexity index is 651. The van der Waals surface area contributed by atoms with E-state index in [4.69, 9.17) is 23.2 Å². The molecule has 0 aromatic heterocycles. The van der Waals surface area contributed by atoms with Gasteiger partial charge in [0.1, 0.15) is 4.90 Å². The van der Waals surface area contributed by atoms with E-state index in [1.807, 2.05) is 0 Å². The molecule has 0 aliphatic carbocycles. The van der Waals surface area contributed by atoms with Crippen LogP contribution in [0.3, 0.4) is 0 Å². The summed E-state index contributed by atoms with van der Waals surface area (Å²) in [4.78, 5) is 2.47. The predicted octanol–water partition coefficient (Wildman–Crippen LogP) is 2.08. The van der Waals surface area contributed by atoms with Gasteiger partial charge in [-0.05, 0) is 24.6 Å². The topological polar surface area (TPSA) is 52.7 Å². The van der Waals surface area contributed by atoms with Crippen molar-refractivity contribution < 1.29 is 8.42 Å². The maximum atomic E-state index is 12.8. The van der Waals surface area contributed by atoms with Gasteiger partial charge in [-0.1, -0.05) is 23.2 Å². The van der Waals surface area contributed by atoms with Crippen LogP contribution in [0, 0.1) is 0 Å². The van der Waals surface area contributed by atoms with Gasteiger partial charge in [-0.3, -0.25) is 4.90 Å². The van der Waals surface area contributed by atoms with Crippen molar-refractivity contribution in [1.29, 1.82) is 0 Å². The monoisotopic (exact) mass is 399 g/mol. The lowest BCUT2D eigenvalue weighted by molar-refractivity contribution is 0.179. The minimum Gasteiger partial charge on any atom is -0.314 e. The first-order valence-corrected chi connectivity index (χ1v) is 9.58. The summed E-state index contributed by atoms with van der Waals surface area (Å²) >= 11 is 12.0. The van der Waals surface area contributed by atoms with Crippen LogP contribution < -0.4 is 5.32 Å². The standard InChI is InChI=1S/C14H19Cl2N3O2S.ClH/c15-11-1-2-13(16)14(9-11)22(20,21)19-6-3-12(10-19)18-7-4-17-5-8-18;/h1-2,9,12,17H,3-8,10H2;1H. The molecule has 2 aliphatic rings. The molecule has 1 unspecified atom stereocenters. The zero-order valence-corrected chi connectivity index (χ0v) is 15.7. The molecular formula is C14H20Cl3N3O2S. The van der Waals surface area contributed by atoms with E-state index < -0.39 is 10.0 Å². The molecule has 0 amide bonds. The van der Waals surface area contributed by atoms with Gasteiger partial charge in [0.2, 0.25) is 10.0 Å². The number of hydrogen-bond acceptors (Lipinski definition) is 4. The molecule has 1 atom stereocenters. The summed E-state index contributed by atoms with van der Waals surface area (Å²) < 4.78 is 27.1. The Morgan fingerprint density at radius 1 is 1.13 bits per heavy atom. The lowest BCUT2D eigenvalue weighted by atomic mass is 10.2. The molecule has 2 heterocycles. The molecule has 0 bridgehead atoms. The Morgan fingerprint density at radius 3 is 2.52 bits per heavy atom. The van der Waals surface area contributed by atoms with Crippen molar-refractivity contribution in [2.45, 2.75) is 17.4 Å². The van der Waals surface area contributed by atoms with Gasteiger partial charge in [-0.2, -0.15) is 4.31 Å². The number of sulfonamides is 1. The third-order valence-corrected chi connectivity index (χ3v) is 6.89. The summed E-state index contributed by atoms with van der Waals surface area (Å²) in [5.74, 6) is 0. The van der Waals surface area contributed by atoms with Gasteiger partial charge in [0.25, 0.3) is 0 Å². The van der Waals surface area contributed by atoms with Gasteiger partial charge in [0, 0.05) is 50.3 Å². The molecule has 130 valence electrons. The second-order valence-corrected chi connectivity index (χ2v) is 8.42. The van der Waals surface area contributed by atoms with E-state index in [1.54, 1.807) is 6.07 Å². The minimum atomic E-state index is -3.59. The van der Waals surface area contributed by atoms with Gasteiger partial charge < -0.3 is 5.32 Å². The van der Waals surface area contributed by atoms with Crippen LogP contribution in [-0.4, -0.2) is 62.9 Å². The van der Waals surface area contributed by atoms with Gasteiger partial charge in [0.05, 0.1) is 5.02 Å². The van der Waals surface area contributed by atoms with Crippen LogP contribution in [0.1, 0.15) is 6.42 Å². The quantitative estimate of drug-likeness (QED) is 0.844. The first-order chi connectivity index (χ1) is 10.5. The second-order valence-electron chi connectivity index (χ2n) is 5.67. The Labute approximate surface area is 153 Å². The van der Waals surface area contributed by atoms with Crippen LogP contribution in [0.4, 0.5) is 0 Å². The molecule has 0 spiro atoms. The molecule has 0 radical (unpaired) electrons. The number of benzene rings is 1. The van der Waals surface area contributed by atoms with E-state index in [-0.39, 0.29) is 28.4 Å². The minimum absolute atomic E-state index is 0. The fraction of sp³-hybridized carbons (Fsp3) is 0.571. The van der Waals surface area contributed by atoms with Crippen molar-refractivity contribution in [2.24, 2.45) is 0 Å². The molecule has 2 saturated heterocycles. The van der Waals surface area contributed by atoms with Crippen LogP contribution in [0.25, 0.3) is 0 Å². The largest absolute Gasteiger partial charge is 0.314 e. The van der Waals surface area contributed by atoms with Crippen molar-refractivity contribution in [3.63, 3.8) is 0 Å². The lowest BCUT2D eigenvalue weighted by Crippen LogP contribution is -2.49. The van der Waals surface area contributed by atoms with Gasteiger partial charge in [0.15, 0.2) is 0 Å². The van der Waals surface area contributed by atoms with Crippen molar-refractivity contribution in [1.82, 2.24) is 14.5 Å². The number of piperazine rings is 1. The number of nitrogens with one attached hydrogen (secondary N) is 1. The van der Waals surface area contributed by atoms with E-state index in [0.29, 0.717) is 18.1 Å². The molecule has 5 nitrogen and oxygen atoms in total. The number of nitrogens with zero attached hydrogens (tertiary/aromatic N) is 2. The van der Waals surface area contributed by atoms with E-state index >= 15 is 0 Å². The Morgan fingerprint density at radius 2 is 1.83 bits per heavy atom. The van der Waals surface area contributed by atoms with Crippen LogP contribution in [-0.2, 0) is 10.0 Å². The highest BCUT2D eigenvalue weighted by atomic mass is 35.5. The van der Waals surface area contributed by atoms with Gasteiger partial charge >= 0.3 is 0 Å². The third-order valence-electron chi connectivity index (χ3n) is 4.31. The predicted molar refractivity (Wildman–Crippen MR) is 95.3 cm³/mol. The Hall–Kier alpha value is -0.0800. The van der Waals surface area contributed by atoms with Gasteiger partial charge in [-0.25, -0.2) is 8.42 Å². The molecule has 2 aliphatic heterocycles. The fourth-order valence-electron chi connectivity index (χ4n) is 3.09. The first-order valence-electron chi connectivity index (χ1n) is 7.38. The molecule has 23 heavy (non-hydrogen) atoms. The van der Waals surface area contributed by atoms with Crippen molar-refractivity contribution in [3.05, 3.63) is 28.2 Å². The summed E-state index contributed by atoms with van der Waals surface area (Å²) in [6.07, 6.45) is 0.859. The normalized spacial score (nSPS) is 23.7. The highest BCUT2D eigenvalue weighted by Gasteiger charge is 2.36. The summed E-state index contributed by atoms with van der Waals surface area (Å²) in [6.45, 7) is 4.91. The molecule has 1 aromatic rings. The number of halogens is 3. The Kier molecular flexibility index (Phi) is 6.58. The SMILES string of the molecule is Cl.O=S(=O)(c1cc(Cl)ccc1Cl)N1CCC(N2CCNCC2)C1. The highest BCUT2D eigenvalue weighted by molar-refractivity contribution is 7.89.